The second kappa shape index (κ2) is 27.0. The third-order valence-electron chi connectivity index (χ3n) is 16.6. The molecule has 6 aromatic rings. The molecule has 4 nitrogen and oxygen atoms in total. The topological polar surface area (TPSA) is 40.6 Å². The Kier molecular flexibility index (Phi) is 21.0. The molecule has 6 atom stereocenters. The Balaban J connectivity index is 0.000000241. The monoisotopic (exact) mass is 1180 g/mol. The number of likely N-dealkylation sites (tertiary alicyclic amines) is 2. The molecule has 8 rings (SSSR count). The van der Waals surface area contributed by atoms with Crippen molar-refractivity contribution in [3.8, 4) is 22.3 Å². The summed E-state index contributed by atoms with van der Waals surface area (Å²) in [6.45, 7) is 18.3. The van der Waals surface area contributed by atoms with Crippen LogP contribution in [0.3, 0.4) is 0 Å². The van der Waals surface area contributed by atoms with E-state index in [2.05, 4.69) is 49.6 Å². The number of benzene rings is 6. The van der Waals surface area contributed by atoms with Gasteiger partial charge in [0.2, 0.25) is 0 Å². The highest BCUT2D eigenvalue weighted by atomic mass is 19.4. The SMILES string of the molecule is CC(=O)[C@@H](CC(C)C)c1cc(-c2ccc(C(F)(F)F)cc2)cc(C2CCCN(C(C)c3ccc(C(F)(F)F)cc3)C2)c1.CC(=O)[C@@H](CC(C)C)c1cc(-c2ccc(C(F)(F)F)cc2)cc(C2CCCN(C(C)c3ccc(C(F)(F)F)cc3)C2)c1. The molecule has 0 aromatic heterocycles. The Morgan fingerprint density at radius 2 is 0.690 bits per heavy atom. The Morgan fingerprint density at radius 3 is 0.952 bits per heavy atom. The van der Waals surface area contributed by atoms with Crippen LogP contribution >= 0.6 is 0 Å². The Labute approximate surface area is 485 Å². The van der Waals surface area contributed by atoms with Gasteiger partial charge in [0, 0.05) is 37.0 Å². The molecule has 0 radical (unpaired) electrons. The van der Waals surface area contributed by atoms with E-state index in [1.165, 1.54) is 48.5 Å². The molecule has 0 aliphatic carbocycles. The summed E-state index contributed by atoms with van der Waals surface area (Å²) in [7, 11) is 0. The largest absolute Gasteiger partial charge is 0.416 e. The third kappa shape index (κ3) is 17.0. The van der Waals surface area contributed by atoms with Crippen LogP contribution in [0.15, 0.2) is 133 Å². The van der Waals surface area contributed by atoms with Gasteiger partial charge in [0.25, 0.3) is 0 Å². The van der Waals surface area contributed by atoms with Gasteiger partial charge in [-0.15, -0.1) is 0 Å². The maximum atomic E-state index is 13.2. The Hall–Kier alpha value is -6.26. The predicted octanol–water partition coefficient (Wildman–Crippen LogP) is 20.1. The smallest absolute Gasteiger partial charge is 0.299 e. The standard InChI is InChI=1S/2C34H37F6NO/c2*1-21(2)16-32(23(4)42)29-18-27(25-9-13-31(14-10-25)34(38,39)40)17-28(19-29)26-6-5-15-41(20-26)22(3)24-7-11-30(12-8-24)33(35,36)37/h2*7-14,17-19,21-22,26,32H,5-6,15-16,20H2,1-4H3/t2*22?,26?,32-/m11/s1. The minimum absolute atomic E-state index is 0.0421. The first kappa shape index (κ1) is 65.3. The summed E-state index contributed by atoms with van der Waals surface area (Å²) in [6, 6.07) is 32.6. The van der Waals surface area contributed by atoms with Gasteiger partial charge in [-0.25, -0.2) is 0 Å². The van der Waals surface area contributed by atoms with E-state index >= 15 is 0 Å². The number of halogens is 12. The maximum absolute atomic E-state index is 13.2. The normalized spacial score (nSPS) is 18.2. The lowest BCUT2D eigenvalue weighted by molar-refractivity contribution is -0.138. The lowest BCUT2D eigenvalue weighted by Crippen LogP contribution is -2.36. The molecule has 0 amide bonds. The molecule has 0 N–H and O–H groups in total. The number of rotatable bonds is 16. The van der Waals surface area contributed by atoms with E-state index in [9.17, 15) is 62.3 Å². The molecule has 2 aliphatic rings. The van der Waals surface area contributed by atoms with Crippen molar-refractivity contribution in [3.05, 3.63) is 189 Å². The van der Waals surface area contributed by atoms with Gasteiger partial charge in [0.05, 0.1) is 22.3 Å². The van der Waals surface area contributed by atoms with Crippen molar-refractivity contribution < 1.29 is 62.3 Å². The highest BCUT2D eigenvalue weighted by Crippen LogP contribution is 2.42. The number of piperidine rings is 2. The molecule has 0 saturated carbocycles. The summed E-state index contributed by atoms with van der Waals surface area (Å²) in [4.78, 5) is 30.0. The van der Waals surface area contributed by atoms with Crippen LogP contribution in [-0.4, -0.2) is 47.5 Å². The van der Waals surface area contributed by atoms with Crippen molar-refractivity contribution in [3.63, 3.8) is 0 Å². The summed E-state index contributed by atoms with van der Waals surface area (Å²) in [6.07, 6.45) is -12.8. The summed E-state index contributed by atoms with van der Waals surface area (Å²) in [5, 5.41) is 0. The van der Waals surface area contributed by atoms with E-state index in [0.717, 1.165) is 132 Å². The Morgan fingerprint density at radius 1 is 0.405 bits per heavy atom. The van der Waals surface area contributed by atoms with E-state index in [4.69, 9.17) is 0 Å². The van der Waals surface area contributed by atoms with Crippen molar-refractivity contribution >= 4 is 11.6 Å². The molecule has 84 heavy (non-hydrogen) atoms. The lowest BCUT2D eigenvalue weighted by Gasteiger charge is -2.37. The van der Waals surface area contributed by atoms with Gasteiger partial charge in [0.1, 0.15) is 11.6 Å². The zero-order chi connectivity index (χ0) is 61.6. The first-order valence-electron chi connectivity index (χ1n) is 28.7. The molecule has 4 unspecified atom stereocenters. The fourth-order valence-electron chi connectivity index (χ4n) is 11.9. The molecule has 2 saturated heterocycles. The molecule has 2 heterocycles. The average molecular weight is 1180 g/mol. The first-order chi connectivity index (χ1) is 39.3. The minimum Gasteiger partial charge on any atom is -0.299 e. The van der Waals surface area contributed by atoms with E-state index in [-0.39, 0.29) is 59.2 Å². The number of hydrogen-bond acceptors (Lipinski definition) is 4. The molecule has 452 valence electrons. The molecule has 2 aliphatic heterocycles. The maximum Gasteiger partial charge on any atom is 0.416 e. The van der Waals surface area contributed by atoms with Crippen molar-refractivity contribution in [2.45, 2.75) is 154 Å². The van der Waals surface area contributed by atoms with Gasteiger partial charge in [-0.2, -0.15) is 52.7 Å². The van der Waals surface area contributed by atoms with E-state index in [1.807, 2.05) is 38.1 Å². The van der Waals surface area contributed by atoms with Crippen LogP contribution in [0.5, 0.6) is 0 Å². The number of carbonyl (C=O) groups is 2. The van der Waals surface area contributed by atoms with Crippen molar-refractivity contribution in [1.82, 2.24) is 9.80 Å². The zero-order valence-corrected chi connectivity index (χ0v) is 48.6. The van der Waals surface area contributed by atoms with E-state index in [1.54, 1.807) is 13.8 Å². The van der Waals surface area contributed by atoms with Gasteiger partial charge in [-0.05, 0) is 207 Å². The second-order valence-corrected chi connectivity index (χ2v) is 23.8. The van der Waals surface area contributed by atoms with Crippen LogP contribution in [0, 0.1) is 11.8 Å². The number of Topliss-reactive ketones (excluding diaryl/α,β-unsaturated/α-hetero) is 2. The molecular formula is C68H74F12N2O2. The molecule has 2 fully saturated rings. The zero-order valence-electron chi connectivity index (χ0n) is 48.6. The molecular weight excluding hydrogens is 1100 g/mol. The van der Waals surface area contributed by atoms with Crippen molar-refractivity contribution in [1.29, 1.82) is 0 Å². The van der Waals surface area contributed by atoms with Gasteiger partial charge in [0.15, 0.2) is 0 Å². The van der Waals surface area contributed by atoms with Crippen molar-refractivity contribution in [2.24, 2.45) is 11.8 Å². The van der Waals surface area contributed by atoms with Crippen LogP contribution in [-0.2, 0) is 34.3 Å². The number of ketones is 2. The minimum atomic E-state index is -4.43. The van der Waals surface area contributed by atoms with Crippen LogP contribution in [0.2, 0.25) is 0 Å². The number of nitrogens with zero attached hydrogens (tertiary/aromatic N) is 2. The molecule has 0 spiro atoms. The summed E-state index contributed by atoms with van der Waals surface area (Å²) in [5.74, 6) is 0.151. The highest BCUT2D eigenvalue weighted by molar-refractivity contribution is 5.85. The second-order valence-electron chi connectivity index (χ2n) is 23.8. The number of alkyl halides is 12. The predicted molar refractivity (Wildman–Crippen MR) is 306 cm³/mol. The Bertz CT molecular complexity index is 2930. The van der Waals surface area contributed by atoms with Crippen LogP contribution in [0.25, 0.3) is 22.3 Å². The summed E-state index contributed by atoms with van der Waals surface area (Å²) >= 11 is 0. The molecule has 16 heteroatoms. The van der Waals surface area contributed by atoms with Gasteiger partial charge in [-0.3, -0.25) is 19.4 Å². The van der Waals surface area contributed by atoms with Gasteiger partial charge >= 0.3 is 24.7 Å². The quantitative estimate of drug-likeness (QED) is 0.0906. The first-order valence-corrected chi connectivity index (χ1v) is 28.7. The third-order valence-corrected chi connectivity index (χ3v) is 16.6. The number of hydrogen-bond donors (Lipinski definition) is 0. The fraction of sp³-hybridized carbons (Fsp3) is 0.441. The van der Waals surface area contributed by atoms with Crippen LogP contribution < -0.4 is 0 Å². The lowest BCUT2D eigenvalue weighted by atomic mass is 9.81. The fourth-order valence-corrected chi connectivity index (χ4v) is 11.9. The van der Waals surface area contributed by atoms with E-state index < -0.39 is 47.0 Å². The van der Waals surface area contributed by atoms with Crippen molar-refractivity contribution in [2.75, 3.05) is 26.2 Å². The summed E-state index contributed by atoms with van der Waals surface area (Å²) in [5.41, 5.74) is 5.37. The summed E-state index contributed by atoms with van der Waals surface area (Å²) < 4.78 is 158. The number of carbonyl (C=O) groups excluding carboxylic acids is 2. The van der Waals surface area contributed by atoms with E-state index in [0.29, 0.717) is 37.1 Å². The highest BCUT2D eigenvalue weighted by Gasteiger charge is 2.35. The molecule has 0 bridgehead atoms. The molecule has 6 aromatic carbocycles. The van der Waals surface area contributed by atoms with Gasteiger partial charge in [-0.1, -0.05) is 113 Å². The van der Waals surface area contributed by atoms with Crippen LogP contribution in [0.1, 0.15) is 185 Å². The van der Waals surface area contributed by atoms with Crippen LogP contribution in [0.4, 0.5) is 52.7 Å². The average Bonchev–Trinajstić information content (AvgIpc) is 2.12. The van der Waals surface area contributed by atoms with Gasteiger partial charge < -0.3 is 0 Å².